The van der Waals surface area contributed by atoms with Crippen LogP contribution in [0.3, 0.4) is 0 Å². The van der Waals surface area contributed by atoms with E-state index in [1.165, 1.54) is 12.1 Å². The lowest BCUT2D eigenvalue weighted by molar-refractivity contribution is 0.0142. The normalized spacial score (nSPS) is 13.9. The summed E-state index contributed by atoms with van der Waals surface area (Å²) in [6, 6.07) is 14.1. The fraction of sp³-hybridized carbons (Fsp3) is 0.366. The third-order valence-electron chi connectivity index (χ3n) is 9.64. The molecule has 6 aromatic rings. The molecule has 0 unspecified atom stereocenters. The highest BCUT2D eigenvalue weighted by atomic mass is 35.5. The van der Waals surface area contributed by atoms with E-state index in [9.17, 15) is 14.0 Å². The summed E-state index contributed by atoms with van der Waals surface area (Å²) in [4.78, 5) is 35.2. The summed E-state index contributed by atoms with van der Waals surface area (Å²) < 4.78 is 35.3. The SMILES string of the molecule is CCOC(=O)c1c(CCCOc2cccc3cc(F)ccc23)c2ccc(Cl)c(-c3cnn4ccncc34)c2n1CCN1CCN(C(=O)OC(C)(C)C)CC1. The average Bonchev–Trinajstić information content (AvgIpc) is 3.71. The first kappa shape index (κ1) is 37.1. The van der Waals surface area contributed by atoms with Gasteiger partial charge in [0.05, 0.1) is 41.7 Å². The first-order valence-corrected chi connectivity index (χ1v) is 18.7. The zero-order valence-corrected chi connectivity index (χ0v) is 31.7. The Balaban J connectivity index is 1.23. The zero-order chi connectivity index (χ0) is 38.0. The molecule has 1 amide bonds. The summed E-state index contributed by atoms with van der Waals surface area (Å²) in [7, 11) is 0. The van der Waals surface area contributed by atoms with Crippen molar-refractivity contribution in [2.24, 2.45) is 0 Å². The topological polar surface area (TPSA) is 103 Å². The Morgan fingerprint density at radius 1 is 0.981 bits per heavy atom. The number of aromatic nitrogens is 4. The van der Waals surface area contributed by atoms with E-state index in [4.69, 9.17) is 25.8 Å². The van der Waals surface area contributed by atoms with Gasteiger partial charge in [0, 0.05) is 73.6 Å². The molecule has 4 heterocycles. The van der Waals surface area contributed by atoms with Gasteiger partial charge in [-0.1, -0.05) is 29.8 Å². The smallest absolute Gasteiger partial charge is 0.410 e. The van der Waals surface area contributed by atoms with Crippen molar-refractivity contribution < 1.29 is 28.2 Å². The first-order chi connectivity index (χ1) is 26.0. The summed E-state index contributed by atoms with van der Waals surface area (Å²) >= 11 is 7.07. The van der Waals surface area contributed by atoms with Crippen LogP contribution in [0.5, 0.6) is 5.75 Å². The van der Waals surface area contributed by atoms with Gasteiger partial charge in [0.25, 0.3) is 0 Å². The van der Waals surface area contributed by atoms with Crippen LogP contribution in [0.2, 0.25) is 5.02 Å². The van der Waals surface area contributed by atoms with Crippen molar-refractivity contribution in [1.82, 2.24) is 29.0 Å². The fourth-order valence-corrected chi connectivity index (χ4v) is 7.44. The maximum Gasteiger partial charge on any atom is 0.410 e. The van der Waals surface area contributed by atoms with Gasteiger partial charge in [-0.2, -0.15) is 5.10 Å². The molecule has 0 bridgehead atoms. The van der Waals surface area contributed by atoms with Crippen LogP contribution >= 0.6 is 11.6 Å². The third kappa shape index (κ3) is 7.72. The number of carbonyl (C=O) groups excluding carboxylic acids is 2. The largest absolute Gasteiger partial charge is 0.493 e. The number of halogens is 2. The lowest BCUT2D eigenvalue weighted by atomic mass is 10.0. The van der Waals surface area contributed by atoms with Crippen LogP contribution in [0.4, 0.5) is 9.18 Å². The summed E-state index contributed by atoms with van der Waals surface area (Å²) in [5.41, 5.74) is 3.88. The molecule has 0 radical (unpaired) electrons. The molecule has 0 saturated carbocycles. The number of fused-ring (bicyclic) bond motifs is 3. The highest BCUT2D eigenvalue weighted by Gasteiger charge is 2.30. The first-order valence-electron chi connectivity index (χ1n) is 18.3. The molecule has 1 aliphatic rings. The Labute approximate surface area is 318 Å². The molecule has 54 heavy (non-hydrogen) atoms. The van der Waals surface area contributed by atoms with E-state index in [-0.39, 0.29) is 18.5 Å². The number of benzene rings is 3. The minimum absolute atomic E-state index is 0.213. The standard InChI is InChI=1S/C41H44ClFN6O5/c1-5-52-39(50)38-30(9-7-23-53-35-10-6-8-27-24-28(43)11-12-29(27)35)31-13-14-33(42)36(32-25-45-49-16-15-44-26-34(32)49)37(31)48(38)22-19-46-17-20-47(21-18-46)40(51)54-41(2,3)4/h6,8,10-16,24-26H,5,7,9,17-23H2,1-4H3. The molecule has 1 saturated heterocycles. The van der Waals surface area contributed by atoms with Gasteiger partial charge in [-0.15, -0.1) is 0 Å². The quantitative estimate of drug-likeness (QED) is 0.0968. The Hall–Kier alpha value is -5.20. The number of amides is 1. The van der Waals surface area contributed by atoms with Crippen molar-refractivity contribution in [2.75, 3.05) is 45.9 Å². The number of piperazine rings is 1. The van der Waals surface area contributed by atoms with Crippen LogP contribution in [0.1, 0.15) is 50.2 Å². The van der Waals surface area contributed by atoms with E-state index in [1.54, 1.807) is 47.2 Å². The van der Waals surface area contributed by atoms with E-state index in [0.29, 0.717) is 75.2 Å². The average molecular weight is 755 g/mol. The molecule has 3 aromatic heterocycles. The number of esters is 1. The second-order valence-electron chi connectivity index (χ2n) is 14.4. The van der Waals surface area contributed by atoms with Crippen molar-refractivity contribution >= 4 is 50.9 Å². The number of ether oxygens (including phenoxy) is 3. The Morgan fingerprint density at radius 3 is 2.56 bits per heavy atom. The van der Waals surface area contributed by atoms with Crippen LogP contribution in [0.25, 0.3) is 38.3 Å². The number of carbonyl (C=O) groups is 2. The highest BCUT2D eigenvalue weighted by Crippen LogP contribution is 2.41. The second kappa shape index (κ2) is 15.6. The molecule has 0 aliphatic carbocycles. The Bertz CT molecular complexity index is 2320. The lowest BCUT2D eigenvalue weighted by Gasteiger charge is -2.35. The monoisotopic (exact) mass is 754 g/mol. The van der Waals surface area contributed by atoms with Crippen LogP contribution in [0, 0.1) is 5.82 Å². The summed E-state index contributed by atoms with van der Waals surface area (Å²) in [5, 5.41) is 7.57. The molecule has 0 spiro atoms. The second-order valence-corrected chi connectivity index (χ2v) is 14.8. The molecule has 3 aromatic carbocycles. The predicted molar refractivity (Wildman–Crippen MR) is 207 cm³/mol. The summed E-state index contributed by atoms with van der Waals surface area (Å²) in [6.45, 7) is 11.4. The van der Waals surface area contributed by atoms with E-state index in [0.717, 1.165) is 43.9 Å². The Morgan fingerprint density at radius 2 is 1.78 bits per heavy atom. The van der Waals surface area contributed by atoms with E-state index < -0.39 is 11.6 Å². The molecule has 0 atom stereocenters. The van der Waals surface area contributed by atoms with Crippen molar-refractivity contribution in [3.63, 3.8) is 0 Å². The Kier molecular flexibility index (Phi) is 10.8. The van der Waals surface area contributed by atoms with Crippen LogP contribution in [-0.2, 0) is 22.4 Å². The van der Waals surface area contributed by atoms with Crippen molar-refractivity contribution in [3.05, 3.63) is 95.4 Å². The van der Waals surface area contributed by atoms with E-state index in [1.807, 2.05) is 55.7 Å². The van der Waals surface area contributed by atoms with Crippen molar-refractivity contribution in [2.45, 2.75) is 52.7 Å². The maximum atomic E-state index is 14.0. The fourth-order valence-electron chi connectivity index (χ4n) is 7.19. The molecular weight excluding hydrogens is 711 g/mol. The van der Waals surface area contributed by atoms with Crippen molar-refractivity contribution in [3.8, 4) is 16.9 Å². The van der Waals surface area contributed by atoms with Gasteiger partial charge in [0.15, 0.2) is 0 Å². The number of nitrogens with zero attached hydrogens (tertiary/aromatic N) is 6. The van der Waals surface area contributed by atoms with Gasteiger partial charge in [-0.3, -0.25) is 9.88 Å². The molecule has 282 valence electrons. The van der Waals surface area contributed by atoms with Crippen LogP contribution < -0.4 is 4.74 Å². The minimum Gasteiger partial charge on any atom is -0.493 e. The number of hydrogen-bond acceptors (Lipinski definition) is 8. The van der Waals surface area contributed by atoms with Gasteiger partial charge in [-0.05, 0) is 81.8 Å². The maximum absolute atomic E-state index is 14.0. The minimum atomic E-state index is -0.566. The molecule has 13 heteroatoms. The predicted octanol–water partition coefficient (Wildman–Crippen LogP) is 8.04. The van der Waals surface area contributed by atoms with E-state index in [2.05, 4.69) is 15.0 Å². The molecule has 11 nitrogen and oxygen atoms in total. The number of rotatable bonds is 11. The summed E-state index contributed by atoms with van der Waals surface area (Å²) in [5.74, 6) is -0.0485. The lowest BCUT2D eigenvalue weighted by Crippen LogP contribution is -2.50. The van der Waals surface area contributed by atoms with Crippen LogP contribution in [0.15, 0.2) is 73.3 Å². The molecule has 1 fully saturated rings. The van der Waals surface area contributed by atoms with Gasteiger partial charge < -0.3 is 23.7 Å². The van der Waals surface area contributed by atoms with E-state index >= 15 is 0 Å². The van der Waals surface area contributed by atoms with Crippen molar-refractivity contribution in [1.29, 1.82) is 0 Å². The zero-order valence-electron chi connectivity index (χ0n) is 31.0. The summed E-state index contributed by atoms with van der Waals surface area (Å²) in [6.07, 6.45) is 7.78. The van der Waals surface area contributed by atoms with Crippen LogP contribution in [-0.4, -0.2) is 92.6 Å². The molecule has 0 N–H and O–H groups in total. The number of hydrogen-bond donors (Lipinski definition) is 0. The van der Waals surface area contributed by atoms with Gasteiger partial charge in [0.2, 0.25) is 0 Å². The third-order valence-corrected chi connectivity index (χ3v) is 9.95. The molecule has 7 rings (SSSR count). The molecule has 1 aliphatic heterocycles. The number of aryl methyl sites for hydroxylation is 1. The van der Waals surface area contributed by atoms with Gasteiger partial charge in [-0.25, -0.2) is 18.5 Å². The van der Waals surface area contributed by atoms with Gasteiger partial charge in [0.1, 0.15) is 22.9 Å². The molecular formula is C41H44ClFN6O5. The van der Waals surface area contributed by atoms with Gasteiger partial charge >= 0.3 is 12.1 Å². The highest BCUT2D eigenvalue weighted by molar-refractivity contribution is 6.35.